The molecule has 0 radical (unpaired) electrons. The number of rotatable bonds is 4. The lowest BCUT2D eigenvalue weighted by atomic mass is 9.85. The molecule has 4 heterocycles. The number of nitrogens with zero attached hydrogens (tertiary/aromatic N) is 4. The van der Waals surface area contributed by atoms with Crippen molar-refractivity contribution in [2.75, 3.05) is 25.1 Å². The molecular weight excluding hydrogens is 352 g/mol. The summed E-state index contributed by atoms with van der Waals surface area (Å²) in [5.74, 6) is 1.43. The van der Waals surface area contributed by atoms with E-state index < -0.39 is 0 Å². The summed E-state index contributed by atoms with van der Waals surface area (Å²) in [7, 11) is 1.67. The van der Waals surface area contributed by atoms with Gasteiger partial charge in [-0.1, -0.05) is 6.07 Å². The highest BCUT2D eigenvalue weighted by Crippen LogP contribution is 2.56. The van der Waals surface area contributed by atoms with E-state index in [1.807, 2.05) is 33.8 Å². The molecule has 3 atom stereocenters. The van der Waals surface area contributed by atoms with E-state index in [9.17, 15) is 4.79 Å². The van der Waals surface area contributed by atoms with Crippen molar-refractivity contribution >= 4 is 11.6 Å². The van der Waals surface area contributed by atoms with E-state index in [0.29, 0.717) is 12.0 Å². The van der Waals surface area contributed by atoms with Gasteiger partial charge >= 0.3 is 0 Å². The summed E-state index contributed by atoms with van der Waals surface area (Å²) >= 11 is 0. The number of carbonyl (C=O) groups excluding carboxylic acids is 1. The van der Waals surface area contributed by atoms with Crippen LogP contribution in [0.2, 0.25) is 0 Å². The Morgan fingerprint density at radius 1 is 1.36 bits per heavy atom. The second-order valence-corrected chi connectivity index (χ2v) is 8.31. The molecule has 1 aromatic carbocycles. The highest BCUT2D eigenvalue weighted by Gasteiger charge is 2.65. The fraction of sp³-hybridized carbons (Fsp3) is 0.545. The van der Waals surface area contributed by atoms with Crippen LogP contribution in [-0.2, 0) is 11.3 Å². The zero-order valence-corrected chi connectivity index (χ0v) is 16.9. The summed E-state index contributed by atoms with van der Waals surface area (Å²) in [4.78, 5) is 18.2. The number of ether oxygens (including phenoxy) is 1. The summed E-state index contributed by atoms with van der Waals surface area (Å²) in [6.07, 6.45) is 5.28. The largest absolute Gasteiger partial charge is 0.497 e. The van der Waals surface area contributed by atoms with Gasteiger partial charge in [0.15, 0.2) is 0 Å². The van der Waals surface area contributed by atoms with E-state index in [1.165, 1.54) is 5.56 Å². The molecule has 3 aliphatic rings. The Morgan fingerprint density at radius 2 is 2.21 bits per heavy atom. The molecule has 0 N–H and O–H groups in total. The third-order valence-corrected chi connectivity index (χ3v) is 7.08. The Morgan fingerprint density at radius 3 is 2.96 bits per heavy atom. The number of aryl methyl sites for hydroxylation is 2. The van der Waals surface area contributed by atoms with Crippen molar-refractivity contribution < 1.29 is 9.53 Å². The van der Waals surface area contributed by atoms with Crippen LogP contribution in [0.3, 0.4) is 0 Å². The minimum atomic E-state index is -0.339. The SMILES string of the molecule is CCn1cc([C@@H]2C[C@H]3CN(c4cccc(OC)c4)C(=O)[C@]34CCCN24)c(C)n1. The zero-order valence-electron chi connectivity index (χ0n) is 16.9. The highest BCUT2D eigenvalue weighted by atomic mass is 16.5. The molecule has 1 amide bonds. The van der Waals surface area contributed by atoms with Crippen molar-refractivity contribution in [1.82, 2.24) is 14.7 Å². The highest BCUT2D eigenvalue weighted by molar-refractivity contribution is 6.04. The van der Waals surface area contributed by atoms with E-state index in [1.54, 1.807) is 7.11 Å². The van der Waals surface area contributed by atoms with Gasteiger partial charge in [0, 0.05) is 48.6 Å². The van der Waals surface area contributed by atoms with Crippen LogP contribution in [0.1, 0.15) is 43.5 Å². The van der Waals surface area contributed by atoms with Gasteiger partial charge in [-0.25, -0.2) is 0 Å². The maximum Gasteiger partial charge on any atom is 0.247 e. The molecule has 0 saturated carbocycles. The van der Waals surface area contributed by atoms with Gasteiger partial charge in [-0.15, -0.1) is 0 Å². The van der Waals surface area contributed by atoms with Gasteiger partial charge in [-0.3, -0.25) is 14.4 Å². The van der Waals surface area contributed by atoms with Crippen molar-refractivity contribution in [3.63, 3.8) is 0 Å². The minimum absolute atomic E-state index is 0.270. The molecule has 1 aromatic heterocycles. The maximum atomic E-state index is 13.7. The second-order valence-electron chi connectivity index (χ2n) is 8.31. The van der Waals surface area contributed by atoms with E-state index >= 15 is 0 Å². The van der Waals surface area contributed by atoms with E-state index in [2.05, 4.69) is 30.0 Å². The standard InChI is InChI=1S/C22H28N4O2/c1-4-24-14-19(15(2)23-24)20-11-16-13-25(17-7-5-8-18(12-17)28-3)21(27)22(16)9-6-10-26(20)22/h5,7-8,12,14,16,20H,4,6,9-11,13H2,1-3H3/t16-,20-,22-/m0/s1. The molecule has 6 nitrogen and oxygen atoms in total. The van der Waals surface area contributed by atoms with Crippen LogP contribution < -0.4 is 9.64 Å². The number of carbonyl (C=O) groups is 1. The predicted octanol–water partition coefficient (Wildman–Crippen LogP) is 3.16. The van der Waals surface area contributed by atoms with Crippen molar-refractivity contribution in [1.29, 1.82) is 0 Å². The maximum absolute atomic E-state index is 13.7. The smallest absolute Gasteiger partial charge is 0.247 e. The summed E-state index contributed by atoms with van der Waals surface area (Å²) in [5, 5.41) is 4.66. The van der Waals surface area contributed by atoms with Crippen LogP contribution in [0.15, 0.2) is 30.5 Å². The van der Waals surface area contributed by atoms with Crippen molar-refractivity contribution in [3.8, 4) is 5.75 Å². The lowest BCUT2D eigenvalue weighted by Crippen LogP contribution is -2.49. The van der Waals surface area contributed by atoms with Gasteiger partial charge in [0.2, 0.25) is 5.91 Å². The van der Waals surface area contributed by atoms with Gasteiger partial charge in [0.1, 0.15) is 11.3 Å². The van der Waals surface area contributed by atoms with Crippen LogP contribution in [0, 0.1) is 12.8 Å². The number of aromatic nitrogens is 2. The van der Waals surface area contributed by atoms with Crippen molar-refractivity contribution in [2.45, 2.75) is 51.2 Å². The van der Waals surface area contributed by atoms with Crippen LogP contribution >= 0.6 is 0 Å². The van der Waals surface area contributed by atoms with E-state index in [4.69, 9.17) is 4.74 Å². The Hall–Kier alpha value is -2.34. The summed E-state index contributed by atoms with van der Waals surface area (Å²) in [5.41, 5.74) is 3.02. The molecule has 28 heavy (non-hydrogen) atoms. The number of hydrogen-bond acceptors (Lipinski definition) is 4. The first-order chi connectivity index (χ1) is 13.6. The molecule has 6 heteroatoms. The molecule has 1 spiro atoms. The lowest BCUT2D eigenvalue weighted by molar-refractivity contribution is -0.126. The molecule has 3 saturated heterocycles. The lowest BCUT2D eigenvalue weighted by Gasteiger charge is -2.33. The monoisotopic (exact) mass is 380 g/mol. The minimum Gasteiger partial charge on any atom is -0.497 e. The molecule has 0 unspecified atom stereocenters. The average molecular weight is 380 g/mol. The average Bonchev–Trinajstić information content (AvgIpc) is 3.43. The van der Waals surface area contributed by atoms with Gasteiger partial charge in [-0.2, -0.15) is 5.10 Å². The Kier molecular flexibility index (Phi) is 4.02. The molecule has 0 aliphatic carbocycles. The normalized spacial score (nSPS) is 29.4. The Bertz CT molecular complexity index is 923. The Balaban J connectivity index is 1.49. The predicted molar refractivity (Wildman–Crippen MR) is 108 cm³/mol. The van der Waals surface area contributed by atoms with Crippen LogP contribution in [0.25, 0.3) is 0 Å². The van der Waals surface area contributed by atoms with E-state index in [0.717, 1.165) is 56.0 Å². The summed E-state index contributed by atoms with van der Waals surface area (Å²) in [6, 6.07) is 8.19. The number of amides is 1. The van der Waals surface area contributed by atoms with Crippen molar-refractivity contribution in [3.05, 3.63) is 41.7 Å². The van der Waals surface area contributed by atoms with E-state index in [-0.39, 0.29) is 11.4 Å². The Labute approximate surface area is 166 Å². The fourth-order valence-corrected chi connectivity index (χ4v) is 5.81. The third kappa shape index (κ3) is 2.30. The van der Waals surface area contributed by atoms with Crippen LogP contribution in [0.4, 0.5) is 5.69 Å². The topological polar surface area (TPSA) is 50.6 Å². The number of benzene rings is 1. The van der Waals surface area contributed by atoms with Gasteiger partial charge < -0.3 is 9.64 Å². The first-order valence-corrected chi connectivity index (χ1v) is 10.3. The number of anilines is 1. The molecule has 5 rings (SSSR count). The van der Waals surface area contributed by atoms with Gasteiger partial charge in [-0.05, 0) is 51.8 Å². The zero-order chi connectivity index (χ0) is 19.5. The fourth-order valence-electron chi connectivity index (χ4n) is 5.81. The van der Waals surface area contributed by atoms with Crippen molar-refractivity contribution in [2.24, 2.45) is 5.92 Å². The van der Waals surface area contributed by atoms with Gasteiger partial charge in [0.05, 0.1) is 12.8 Å². The van der Waals surface area contributed by atoms with Crippen LogP contribution in [-0.4, -0.2) is 46.3 Å². The summed E-state index contributed by atoms with van der Waals surface area (Å²) in [6.45, 7) is 6.88. The van der Waals surface area contributed by atoms with Crippen LogP contribution in [0.5, 0.6) is 5.75 Å². The second kappa shape index (κ2) is 6.34. The first kappa shape index (κ1) is 17.7. The first-order valence-electron chi connectivity index (χ1n) is 10.3. The third-order valence-electron chi connectivity index (χ3n) is 7.08. The number of hydrogen-bond donors (Lipinski definition) is 0. The molecule has 148 valence electrons. The quantitative estimate of drug-likeness (QED) is 0.818. The molecule has 3 fully saturated rings. The summed E-state index contributed by atoms with van der Waals surface area (Å²) < 4.78 is 7.39. The molecule has 3 aliphatic heterocycles. The molecule has 2 aromatic rings. The molecular formula is C22H28N4O2. The van der Waals surface area contributed by atoms with Gasteiger partial charge in [0.25, 0.3) is 0 Å². The molecule has 0 bridgehead atoms. The number of methoxy groups -OCH3 is 1.